The smallest absolute Gasteiger partial charge is 0.365 e. The lowest BCUT2D eigenvalue weighted by Gasteiger charge is -2.39. The zero-order valence-corrected chi connectivity index (χ0v) is 24.4. The molecule has 0 unspecified atom stereocenters. The average Bonchev–Trinajstić information content (AvgIpc) is 3.92. The van der Waals surface area contributed by atoms with Crippen LogP contribution in [0.2, 0.25) is 15.1 Å². The SMILES string of the molecule is OC1(c2ccc(OCc3c(-c4c(Cl)cncc4Cl)noc3C3CC3)cc2Cl)CCN(c2cc(C3(O)OO3)ccn2)CC1. The molecule has 5 heterocycles. The second kappa shape index (κ2) is 10.6. The van der Waals surface area contributed by atoms with E-state index in [4.69, 9.17) is 44.1 Å². The molecule has 2 aliphatic heterocycles. The molecule has 0 bridgehead atoms. The minimum Gasteiger partial charge on any atom is -0.489 e. The highest BCUT2D eigenvalue weighted by Gasteiger charge is 2.50. The molecule has 0 radical (unpaired) electrons. The highest BCUT2D eigenvalue weighted by Crippen LogP contribution is 2.46. The predicted octanol–water partition coefficient (Wildman–Crippen LogP) is 6.10. The van der Waals surface area contributed by atoms with Crippen LogP contribution in [0.4, 0.5) is 5.82 Å². The van der Waals surface area contributed by atoms with Crippen LogP contribution in [-0.2, 0) is 28.0 Å². The van der Waals surface area contributed by atoms with Crippen LogP contribution in [0.15, 0.2) is 53.4 Å². The Labute approximate surface area is 255 Å². The molecule has 42 heavy (non-hydrogen) atoms. The molecular formula is C29H25Cl3N4O6. The lowest BCUT2D eigenvalue weighted by atomic mass is 9.84. The Balaban J connectivity index is 1.06. The number of hydrogen-bond donors (Lipinski definition) is 2. The van der Waals surface area contributed by atoms with Crippen LogP contribution in [0.1, 0.15) is 54.1 Å². The number of nitrogens with zero attached hydrogens (tertiary/aromatic N) is 4. The van der Waals surface area contributed by atoms with Crippen molar-refractivity contribution in [2.45, 2.75) is 49.8 Å². The van der Waals surface area contributed by atoms with Gasteiger partial charge in [0, 0.05) is 48.7 Å². The fourth-order valence-corrected chi connectivity index (χ4v) is 6.27. The fraction of sp³-hybridized carbons (Fsp3) is 0.345. The zero-order valence-electron chi connectivity index (χ0n) is 22.1. The van der Waals surface area contributed by atoms with E-state index in [1.54, 1.807) is 36.5 Å². The molecule has 0 spiro atoms. The van der Waals surface area contributed by atoms with Gasteiger partial charge in [0.1, 0.15) is 29.6 Å². The summed E-state index contributed by atoms with van der Waals surface area (Å²) >= 11 is 19.5. The quantitative estimate of drug-likeness (QED) is 0.174. The molecule has 1 aromatic carbocycles. The molecule has 13 heteroatoms. The van der Waals surface area contributed by atoms with Crippen molar-refractivity contribution in [2.24, 2.45) is 0 Å². The van der Waals surface area contributed by atoms with Gasteiger partial charge in [0.2, 0.25) is 0 Å². The van der Waals surface area contributed by atoms with Gasteiger partial charge in [-0.25, -0.2) is 4.98 Å². The molecule has 4 aromatic rings. The standard InChI is InChI=1S/C29H25Cl3N4O6/c30-21-12-18(39-15-19-26(35-40-27(19)16-1-2-16)25-22(31)13-33-14-23(25)32)3-4-20(21)28(37)6-9-36(10-7-28)24-11-17(5-8-34-24)29(38)41-42-29/h3-5,8,11-14,16,37-38H,1-2,6-7,9-10,15H2. The first kappa shape index (κ1) is 27.8. The average molecular weight is 632 g/mol. The third-order valence-electron chi connectivity index (χ3n) is 7.95. The van der Waals surface area contributed by atoms with Gasteiger partial charge in [-0.05, 0) is 49.9 Å². The monoisotopic (exact) mass is 630 g/mol. The maximum atomic E-state index is 11.6. The second-order valence-corrected chi connectivity index (χ2v) is 11.9. The molecule has 7 rings (SSSR count). The largest absolute Gasteiger partial charge is 0.489 e. The number of aromatic nitrogens is 3. The van der Waals surface area contributed by atoms with Crippen LogP contribution >= 0.6 is 34.8 Å². The third kappa shape index (κ3) is 5.22. The third-order valence-corrected chi connectivity index (χ3v) is 8.83. The number of hydrogen-bond acceptors (Lipinski definition) is 10. The zero-order chi connectivity index (χ0) is 29.1. The summed E-state index contributed by atoms with van der Waals surface area (Å²) in [5.74, 6) is 0.538. The minimum atomic E-state index is -1.71. The van der Waals surface area contributed by atoms with E-state index in [9.17, 15) is 10.2 Å². The van der Waals surface area contributed by atoms with Gasteiger partial charge in [-0.1, -0.05) is 46.0 Å². The number of aliphatic hydroxyl groups is 2. The number of rotatable bonds is 8. The van der Waals surface area contributed by atoms with Crippen LogP contribution in [-0.4, -0.2) is 38.4 Å². The normalized spacial score (nSPS) is 19.1. The summed E-state index contributed by atoms with van der Waals surface area (Å²) in [5, 5.41) is 27.1. The predicted molar refractivity (Wildman–Crippen MR) is 153 cm³/mol. The molecule has 3 aromatic heterocycles. The fourth-order valence-electron chi connectivity index (χ4n) is 5.38. The van der Waals surface area contributed by atoms with Crippen LogP contribution in [0.5, 0.6) is 5.75 Å². The van der Waals surface area contributed by atoms with Crippen molar-refractivity contribution in [1.82, 2.24) is 15.1 Å². The Morgan fingerprint density at radius 1 is 0.976 bits per heavy atom. The van der Waals surface area contributed by atoms with E-state index in [1.807, 2.05) is 4.90 Å². The molecule has 0 amide bonds. The molecule has 3 aliphatic rings. The first-order chi connectivity index (χ1) is 20.2. The number of anilines is 1. The van der Waals surface area contributed by atoms with Gasteiger partial charge < -0.3 is 24.4 Å². The Morgan fingerprint density at radius 2 is 1.71 bits per heavy atom. The van der Waals surface area contributed by atoms with E-state index in [2.05, 4.69) is 24.9 Å². The highest BCUT2D eigenvalue weighted by atomic mass is 35.5. The maximum Gasteiger partial charge on any atom is 0.365 e. The van der Waals surface area contributed by atoms with Crippen LogP contribution < -0.4 is 9.64 Å². The van der Waals surface area contributed by atoms with Crippen LogP contribution in [0.3, 0.4) is 0 Å². The van der Waals surface area contributed by atoms with E-state index < -0.39 is 11.6 Å². The molecule has 0 atom stereocenters. The van der Waals surface area contributed by atoms with Crippen molar-refractivity contribution in [3.63, 3.8) is 0 Å². The summed E-state index contributed by atoms with van der Waals surface area (Å²) in [4.78, 5) is 19.8. The number of halogens is 3. The summed E-state index contributed by atoms with van der Waals surface area (Å²) in [7, 11) is 0. The molecule has 2 saturated heterocycles. The maximum absolute atomic E-state index is 11.6. The van der Waals surface area contributed by atoms with Crippen LogP contribution in [0, 0.1) is 0 Å². The van der Waals surface area contributed by atoms with E-state index >= 15 is 0 Å². The molecule has 1 aliphatic carbocycles. The number of ether oxygens (including phenoxy) is 1. The van der Waals surface area contributed by atoms with Crippen molar-refractivity contribution < 1.29 is 29.2 Å². The summed E-state index contributed by atoms with van der Waals surface area (Å²) < 4.78 is 11.9. The van der Waals surface area contributed by atoms with E-state index in [-0.39, 0.29) is 12.5 Å². The van der Waals surface area contributed by atoms with Crippen molar-refractivity contribution >= 4 is 40.6 Å². The van der Waals surface area contributed by atoms with Crippen molar-refractivity contribution in [2.75, 3.05) is 18.0 Å². The topological polar surface area (TPSA) is 130 Å². The second-order valence-electron chi connectivity index (χ2n) is 10.7. The minimum absolute atomic E-state index is 0.172. The first-order valence-electron chi connectivity index (χ1n) is 13.5. The van der Waals surface area contributed by atoms with Crippen LogP contribution in [0.25, 0.3) is 11.3 Å². The number of piperidine rings is 1. The van der Waals surface area contributed by atoms with Crippen molar-refractivity contribution in [3.05, 3.63) is 86.4 Å². The Morgan fingerprint density at radius 3 is 2.38 bits per heavy atom. The van der Waals surface area contributed by atoms with Gasteiger partial charge in [-0.3, -0.25) is 4.98 Å². The molecule has 10 nitrogen and oxygen atoms in total. The Bertz CT molecular complexity index is 1630. The number of benzene rings is 1. The van der Waals surface area contributed by atoms with Gasteiger partial charge in [0.15, 0.2) is 0 Å². The summed E-state index contributed by atoms with van der Waals surface area (Å²) in [6.07, 6.45) is 7.51. The van der Waals surface area contributed by atoms with Crippen molar-refractivity contribution in [3.8, 4) is 17.0 Å². The number of pyridine rings is 2. The van der Waals surface area contributed by atoms with Gasteiger partial charge in [0.25, 0.3) is 0 Å². The molecule has 1 saturated carbocycles. The molecule has 218 valence electrons. The van der Waals surface area contributed by atoms with Gasteiger partial charge >= 0.3 is 5.97 Å². The highest BCUT2D eigenvalue weighted by molar-refractivity contribution is 6.38. The summed E-state index contributed by atoms with van der Waals surface area (Å²) in [6, 6.07) is 8.64. The Hall–Kier alpha value is -2.96. The lowest BCUT2D eigenvalue weighted by Crippen LogP contribution is -2.43. The first-order valence-corrected chi connectivity index (χ1v) is 14.6. The van der Waals surface area contributed by atoms with E-state index in [1.165, 1.54) is 12.4 Å². The van der Waals surface area contributed by atoms with Gasteiger partial charge in [-0.2, -0.15) is 9.78 Å². The van der Waals surface area contributed by atoms with E-state index in [0.29, 0.717) is 75.0 Å². The molecular weight excluding hydrogens is 607 g/mol. The summed E-state index contributed by atoms with van der Waals surface area (Å²) in [5.41, 5.74) is 1.83. The van der Waals surface area contributed by atoms with Crippen molar-refractivity contribution in [1.29, 1.82) is 0 Å². The van der Waals surface area contributed by atoms with E-state index in [0.717, 1.165) is 24.2 Å². The Kier molecular flexibility index (Phi) is 7.05. The molecule has 2 N–H and O–H groups in total. The lowest BCUT2D eigenvalue weighted by molar-refractivity contribution is 0.0115. The van der Waals surface area contributed by atoms with Gasteiger partial charge in [-0.15, -0.1) is 0 Å². The molecule has 3 fully saturated rings. The van der Waals surface area contributed by atoms with Gasteiger partial charge in [0.05, 0.1) is 31.8 Å². The summed E-state index contributed by atoms with van der Waals surface area (Å²) in [6.45, 7) is 1.23.